The van der Waals surface area contributed by atoms with E-state index < -0.39 is 0 Å². The van der Waals surface area contributed by atoms with E-state index in [-0.39, 0.29) is 23.8 Å². The zero-order valence-corrected chi connectivity index (χ0v) is 10.8. The van der Waals surface area contributed by atoms with E-state index >= 15 is 0 Å². The van der Waals surface area contributed by atoms with Crippen LogP contribution in [0.15, 0.2) is 24.3 Å². The maximum atomic E-state index is 12.1. The predicted octanol–water partition coefficient (Wildman–Crippen LogP) is 1.04. The Morgan fingerprint density at radius 1 is 1.21 bits per heavy atom. The first-order chi connectivity index (χ1) is 9.08. The molecule has 0 heterocycles. The molecule has 2 rings (SSSR count). The van der Waals surface area contributed by atoms with E-state index in [9.17, 15) is 9.59 Å². The van der Waals surface area contributed by atoms with Crippen molar-refractivity contribution in [1.82, 2.24) is 5.32 Å². The third-order valence-electron chi connectivity index (χ3n) is 3.60. The highest BCUT2D eigenvalue weighted by Gasteiger charge is 2.30. The van der Waals surface area contributed by atoms with Gasteiger partial charge in [0, 0.05) is 17.3 Å². The van der Waals surface area contributed by atoms with Crippen molar-refractivity contribution in [1.29, 1.82) is 0 Å². The molecule has 1 aromatic rings. The number of carbonyl (C=O) groups is 2. The van der Waals surface area contributed by atoms with Crippen LogP contribution in [-0.4, -0.2) is 17.9 Å². The van der Waals surface area contributed by atoms with Crippen molar-refractivity contribution >= 4 is 17.5 Å². The Morgan fingerprint density at radius 3 is 2.63 bits per heavy atom. The number of carbonyl (C=O) groups excluding carboxylic acids is 2. The van der Waals surface area contributed by atoms with Crippen molar-refractivity contribution in [3.05, 3.63) is 29.8 Å². The highest BCUT2D eigenvalue weighted by Crippen LogP contribution is 2.24. The van der Waals surface area contributed by atoms with Crippen LogP contribution in [0, 0.1) is 5.92 Å². The van der Waals surface area contributed by atoms with Gasteiger partial charge in [0.15, 0.2) is 0 Å². The smallest absolute Gasteiger partial charge is 0.251 e. The second-order valence-corrected chi connectivity index (χ2v) is 5.00. The highest BCUT2D eigenvalue weighted by atomic mass is 16.2. The van der Waals surface area contributed by atoms with Gasteiger partial charge in [-0.3, -0.25) is 9.59 Å². The quantitative estimate of drug-likeness (QED) is 0.709. The van der Waals surface area contributed by atoms with E-state index in [2.05, 4.69) is 5.32 Å². The van der Waals surface area contributed by atoms with Crippen LogP contribution in [0.4, 0.5) is 5.69 Å². The number of rotatable bonds is 3. The van der Waals surface area contributed by atoms with Crippen LogP contribution in [0.5, 0.6) is 0 Å². The van der Waals surface area contributed by atoms with Crippen LogP contribution in [0.25, 0.3) is 0 Å². The number of benzene rings is 1. The summed E-state index contributed by atoms with van der Waals surface area (Å²) >= 11 is 0. The summed E-state index contributed by atoms with van der Waals surface area (Å²) in [6.45, 7) is 0. The van der Waals surface area contributed by atoms with Gasteiger partial charge in [0.25, 0.3) is 5.91 Å². The standard InChI is InChI=1S/C14H19N3O2/c15-10-5-3-4-9(8-10)14(19)17-12-7-2-1-6-11(12)13(16)18/h3-5,8,11-12H,1-2,6-7,15H2,(H2,16,18)(H,17,19). The van der Waals surface area contributed by atoms with E-state index in [0.29, 0.717) is 11.3 Å². The van der Waals surface area contributed by atoms with Crippen LogP contribution in [0.3, 0.4) is 0 Å². The Labute approximate surface area is 112 Å². The average Bonchev–Trinajstić information content (AvgIpc) is 2.39. The molecule has 2 atom stereocenters. The van der Waals surface area contributed by atoms with Crippen molar-refractivity contribution in [2.75, 3.05) is 5.73 Å². The lowest BCUT2D eigenvalue weighted by atomic mass is 9.84. The lowest BCUT2D eigenvalue weighted by Gasteiger charge is -2.30. The third-order valence-corrected chi connectivity index (χ3v) is 3.60. The van der Waals surface area contributed by atoms with Gasteiger partial charge < -0.3 is 16.8 Å². The van der Waals surface area contributed by atoms with Crippen molar-refractivity contribution < 1.29 is 9.59 Å². The number of amides is 2. The van der Waals surface area contributed by atoms with E-state index in [0.717, 1.165) is 25.7 Å². The number of nitrogens with one attached hydrogen (secondary N) is 1. The van der Waals surface area contributed by atoms with E-state index in [1.165, 1.54) is 0 Å². The Hall–Kier alpha value is -2.04. The van der Waals surface area contributed by atoms with E-state index in [1.807, 2.05) is 0 Å². The molecule has 5 N–H and O–H groups in total. The number of anilines is 1. The molecule has 1 aromatic carbocycles. The lowest BCUT2D eigenvalue weighted by molar-refractivity contribution is -0.123. The van der Waals surface area contributed by atoms with Gasteiger partial charge in [-0.25, -0.2) is 0 Å². The summed E-state index contributed by atoms with van der Waals surface area (Å²) < 4.78 is 0. The van der Waals surface area contributed by atoms with Gasteiger partial charge in [-0.1, -0.05) is 18.9 Å². The maximum Gasteiger partial charge on any atom is 0.251 e. The van der Waals surface area contributed by atoms with Crippen LogP contribution in [0.1, 0.15) is 36.0 Å². The zero-order valence-electron chi connectivity index (χ0n) is 10.8. The Balaban J connectivity index is 2.07. The SMILES string of the molecule is NC(=O)C1CCCCC1NC(=O)c1cccc(N)c1. The van der Waals surface area contributed by atoms with Crippen molar-refractivity contribution in [2.24, 2.45) is 11.7 Å². The number of primary amides is 1. The normalized spacial score (nSPS) is 22.7. The molecule has 19 heavy (non-hydrogen) atoms. The molecule has 0 radical (unpaired) electrons. The molecule has 1 fully saturated rings. The molecule has 0 saturated heterocycles. The fourth-order valence-corrected chi connectivity index (χ4v) is 2.58. The second-order valence-electron chi connectivity index (χ2n) is 5.00. The summed E-state index contributed by atoms with van der Waals surface area (Å²) in [5.74, 6) is -0.804. The summed E-state index contributed by atoms with van der Waals surface area (Å²) in [6.07, 6.45) is 3.53. The van der Waals surface area contributed by atoms with Crippen LogP contribution in [0.2, 0.25) is 0 Å². The number of nitrogens with two attached hydrogens (primary N) is 2. The largest absolute Gasteiger partial charge is 0.399 e. The van der Waals surface area contributed by atoms with Crippen molar-refractivity contribution in [3.63, 3.8) is 0 Å². The zero-order chi connectivity index (χ0) is 13.8. The molecule has 102 valence electrons. The number of nitrogen functional groups attached to an aromatic ring is 1. The van der Waals surface area contributed by atoms with Gasteiger partial charge in [0.1, 0.15) is 0 Å². The molecule has 1 aliphatic rings. The van der Waals surface area contributed by atoms with E-state index in [1.54, 1.807) is 24.3 Å². The van der Waals surface area contributed by atoms with Gasteiger partial charge in [-0.05, 0) is 31.0 Å². The van der Waals surface area contributed by atoms with Gasteiger partial charge in [0.05, 0.1) is 5.92 Å². The van der Waals surface area contributed by atoms with Crippen LogP contribution < -0.4 is 16.8 Å². The molecule has 2 amide bonds. The predicted molar refractivity (Wildman–Crippen MR) is 73.3 cm³/mol. The molecule has 5 heteroatoms. The molecule has 0 spiro atoms. The minimum absolute atomic E-state index is 0.166. The summed E-state index contributed by atoms with van der Waals surface area (Å²) in [5.41, 5.74) is 12.1. The van der Waals surface area contributed by atoms with Crippen molar-refractivity contribution in [3.8, 4) is 0 Å². The lowest BCUT2D eigenvalue weighted by Crippen LogP contribution is -2.47. The molecular formula is C14H19N3O2. The fourth-order valence-electron chi connectivity index (χ4n) is 2.58. The van der Waals surface area contributed by atoms with Gasteiger partial charge in [-0.15, -0.1) is 0 Å². The summed E-state index contributed by atoms with van der Waals surface area (Å²) in [7, 11) is 0. The fraction of sp³-hybridized carbons (Fsp3) is 0.429. The first-order valence-corrected chi connectivity index (χ1v) is 6.53. The minimum atomic E-state index is -0.336. The minimum Gasteiger partial charge on any atom is -0.399 e. The van der Waals surface area contributed by atoms with Gasteiger partial charge in [-0.2, -0.15) is 0 Å². The summed E-state index contributed by atoms with van der Waals surface area (Å²) in [6, 6.07) is 6.62. The van der Waals surface area contributed by atoms with Crippen molar-refractivity contribution in [2.45, 2.75) is 31.7 Å². The highest BCUT2D eigenvalue weighted by molar-refractivity contribution is 5.95. The monoisotopic (exact) mass is 261 g/mol. The van der Waals surface area contributed by atoms with E-state index in [4.69, 9.17) is 11.5 Å². The summed E-state index contributed by atoms with van der Waals surface area (Å²) in [4.78, 5) is 23.5. The maximum absolute atomic E-state index is 12.1. The van der Waals surface area contributed by atoms with Crippen LogP contribution in [-0.2, 0) is 4.79 Å². The molecule has 1 saturated carbocycles. The Morgan fingerprint density at radius 2 is 1.95 bits per heavy atom. The first-order valence-electron chi connectivity index (χ1n) is 6.53. The molecule has 5 nitrogen and oxygen atoms in total. The van der Waals surface area contributed by atoms with Gasteiger partial charge in [0.2, 0.25) is 5.91 Å². The molecule has 0 aromatic heterocycles. The second kappa shape index (κ2) is 5.73. The van der Waals surface area contributed by atoms with Gasteiger partial charge >= 0.3 is 0 Å². The summed E-state index contributed by atoms with van der Waals surface area (Å²) in [5, 5.41) is 2.90. The molecule has 0 bridgehead atoms. The molecule has 2 unspecified atom stereocenters. The topological polar surface area (TPSA) is 98.2 Å². The first kappa shape index (κ1) is 13.4. The number of hydrogen-bond donors (Lipinski definition) is 3. The number of hydrogen-bond acceptors (Lipinski definition) is 3. The van der Waals surface area contributed by atoms with Crippen LogP contribution >= 0.6 is 0 Å². The molecular weight excluding hydrogens is 242 g/mol. The molecule has 1 aliphatic carbocycles. The Kier molecular flexibility index (Phi) is 4.04. The average molecular weight is 261 g/mol. The Bertz CT molecular complexity index is 487. The molecule has 0 aliphatic heterocycles. The third kappa shape index (κ3) is 3.24.